The van der Waals surface area contributed by atoms with Crippen LogP contribution in [0, 0.1) is 0 Å². The van der Waals surface area contributed by atoms with Crippen molar-refractivity contribution in [2.45, 2.75) is 27.7 Å². The molecule has 0 fully saturated rings. The molecular formula is C9H13N3O. The van der Waals surface area contributed by atoms with Gasteiger partial charge in [-0.25, -0.2) is 0 Å². The van der Waals surface area contributed by atoms with E-state index in [0.29, 0.717) is 5.57 Å². The maximum atomic E-state index is 11.1. The number of rotatable bonds is 2. The van der Waals surface area contributed by atoms with Gasteiger partial charge in [-0.15, -0.1) is 0 Å². The van der Waals surface area contributed by atoms with Gasteiger partial charge in [-0.1, -0.05) is 11.6 Å². The standard InChI is InChI=1S/C9H13N3O/c1-5-6(2)7(3)8(4)9(13)11-12-10/h5H,1-4H3. The van der Waals surface area contributed by atoms with Crippen LogP contribution < -0.4 is 0 Å². The van der Waals surface area contributed by atoms with Crippen molar-refractivity contribution in [1.82, 2.24) is 0 Å². The Morgan fingerprint density at radius 2 is 1.85 bits per heavy atom. The van der Waals surface area contributed by atoms with Gasteiger partial charge in [0.1, 0.15) is 0 Å². The Bertz CT molecular complexity index is 320. The fourth-order valence-electron chi connectivity index (χ4n) is 0.788. The molecule has 0 radical (unpaired) electrons. The first-order chi connectivity index (χ1) is 6.04. The summed E-state index contributed by atoms with van der Waals surface area (Å²) in [5.41, 5.74) is 10.4. The maximum Gasteiger partial charge on any atom is 0.245 e. The van der Waals surface area contributed by atoms with Crippen molar-refractivity contribution in [2.75, 3.05) is 0 Å². The maximum absolute atomic E-state index is 11.1. The van der Waals surface area contributed by atoms with E-state index in [2.05, 4.69) is 10.0 Å². The van der Waals surface area contributed by atoms with Gasteiger partial charge in [0.25, 0.3) is 0 Å². The van der Waals surface area contributed by atoms with E-state index in [0.717, 1.165) is 11.1 Å². The molecule has 1 amide bonds. The summed E-state index contributed by atoms with van der Waals surface area (Å²) in [5.74, 6) is -0.513. The Labute approximate surface area is 77.6 Å². The largest absolute Gasteiger partial charge is 0.287 e. The van der Waals surface area contributed by atoms with Crippen LogP contribution in [-0.4, -0.2) is 5.91 Å². The lowest BCUT2D eigenvalue weighted by Crippen LogP contribution is -1.97. The summed E-state index contributed by atoms with van der Waals surface area (Å²) in [5, 5.41) is 3.02. The molecule has 0 aliphatic rings. The average Bonchev–Trinajstić information content (AvgIpc) is 2.14. The molecule has 0 bridgehead atoms. The zero-order valence-electron chi connectivity index (χ0n) is 8.33. The Morgan fingerprint density at radius 3 is 2.23 bits per heavy atom. The minimum atomic E-state index is -0.513. The molecule has 0 aliphatic heterocycles. The predicted octanol–water partition coefficient (Wildman–Crippen LogP) is 3.13. The van der Waals surface area contributed by atoms with Crippen LogP contribution in [0.1, 0.15) is 27.7 Å². The van der Waals surface area contributed by atoms with Crippen molar-refractivity contribution < 1.29 is 4.79 Å². The highest BCUT2D eigenvalue weighted by molar-refractivity contribution is 5.94. The number of hydrogen-bond acceptors (Lipinski definition) is 1. The number of allylic oxidation sites excluding steroid dienone is 3. The average molecular weight is 179 g/mol. The number of amides is 1. The van der Waals surface area contributed by atoms with Gasteiger partial charge >= 0.3 is 0 Å². The molecule has 0 aliphatic carbocycles. The molecule has 0 N–H and O–H groups in total. The highest BCUT2D eigenvalue weighted by Crippen LogP contribution is 2.14. The third-order valence-electron chi connectivity index (χ3n) is 2.04. The molecule has 70 valence electrons. The third-order valence-corrected chi connectivity index (χ3v) is 2.04. The van der Waals surface area contributed by atoms with Crippen molar-refractivity contribution in [2.24, 2.45) is 5.11 Å². The van der Waals surface area contributed by atoms with E-state index in [1.165, 1.54) is 0 Å². The van der Waals surface area contributed by atoms with Gasteiger partial charge in [0, 0.05) is 10.5 Å². The fourth-order valence-corrected chi connectivity index (χ4v) is 0.788. The van der Waals surface area contributed by atoms with Crippen LogP contribution in [0.3, 0.4) is 0 Å². The van der Waals surface area contributed by atoms with E-state index in [1.54, 1.807) is 6.92 Å². The van der Waals surface area contributed by atoms with Crippen LogP contribution in [-0.2, 0) is 4.79 Å². The van der Waals surface area contributed by atoms with Gasteiger partial charge in [-0.3, -0.25) is 4.79 Å². The zero-order chi connectivity index (χ0) is 10.4. The van der Waals surface area contributed by atoms with Crippen LogP contribution in [0.25, 0.3) is 10.4 Å². The van der Waals surface area contributed by atoms with Crippen LogP contribution >= 0.6 is 0 Å². The van der Waals surface area contributed by atoms with Gasteiger partial charge in [0.2, 0.25) is 5.91 Å². The summed E-state index contributed by atoms with van der Waals surface area (Å²) in [4.78, 5) is 13.5. The molecule has 0 aromatic carbocycles. The minimum absolute atomic E-state index is 0.494. The minimum Gasteiger partial charge on any atom is -0.287 e. The Hall–Kier alpha value is -1.54. The molecule has 0 saturated heterocycles. The summed E-state index contributed by atoms with van der Waals surface area (Å²) in [7, 11) is 0. The molecule has 4 nitrogen and oxygen atoms in total. The highest BCUT2D eigenvalue weighted by atomic mass is 16.1. The van der Waals surface area contributed by atoms with E-state index >= 15 is 0 Å². The Balaban J connectivity index is 5.03. The topological polar surface area (TPSA) is 65.8 Å². The normalized spacial score (nSPS) is 13.1. The molecular weight excluding hydrogens is 166 g/mol. The number of hydrogen-bond donors (Lipinski definition) is 0. The van der Waals surface area contributed by atoms with Crippen molar-refractivity contribution in [3.63, 3.8) is 0 Å². The first kappa shape index (κ1) is 11.5. The van der Waals surface area contributed by atoms with Gasteiger partial charge in [-0.2, -0.15) is 0 Å². The Kier molecular flexibility index (Phi) is 4.55. The fraction of sp³-hybridized carbons (Fsp3) is 0.444. The molecule has 13 heavy (non-hydrogen) atoms. The molecule has 0 atom stereocenters. The second kappa shape index (κ2) is 5.17. The van der Waals surface area contributed by atoms with Crippen molar-refractivity contribution in [3.8, 4) is 0 Å². The number of carbonyl (C=O) groups is 1. The number of nitrogens with zero attached hydrogens (tertiary/aromatic N) is 3. The zero-order valence-corrected chi connectivity index (χ0v) is 8.33. The summed E-state index contributed by atoms with van der Waals surface area (Å²) in [6, 6.07) is 0. The molecule has 0 heterocycles. The first-order valence-electron chi connectivity index (χ1n) is 3.94. The SMILES string of the molecule is CC=C(C)C(C)=C(C)C(=O)N=[N+]=[N-]. The lowest BCUT2D eigenvalue weighted by atomic mass is 10.0. The second-order valence-corrected chi connectivity index (χ2v) is 2.72. The smallest absolute Gasteiger partial charge is 0.245 e. The molecule has 0 spiro atoms. The van der Waals surface area contributed by atoms with E-state index < -0.39 is 5.91 Å². The van der Waals surface area contributed by atoms with Crippen molar-refractivity contribution in [1.29, 1.82) is 0 Å². The molecule has 4 heteroatoms. The van der Waals surface area contributed by atoms with Crippen LogP contribution in [0.2, 0.25) is 0 Å². The highest BCUT2D eigenvalue weighted by Gasteiger charge is 2.05. The van der Waals surface area contributed by atoms with Crippen LogP contribution in [0.5, 0.6) is 0 Å². The van der Waals surface area contributed by atoms with Gasteiger partial charge in [0.15, 0.2) is 0 Å². The van der Waals surface area contributed by atoms with Gasteiger partial charge in [-0.05, 0) is 43.9 Å². The van der Waals surface area contributed by atoms with Crippen molar-refractivity contribution >= 4 is 5.91 Å². The van der Waals surface area contributed by atoms with E-state index in [1.807, 2.05) is 26.8 Å². The second-order valence-electron chi connectivity index (χ2n) is 2.72. The van der Waals surface area contributed by atoms with E-state index in [4.69, 9.17) is 5.53 Å². The molecule has 0 unspecified atom stereocenters. The summed E-state index contributed by atoms with van der Waals surface area (Å²) < 4.78 is 0. The number of carbonyl (C=O) groups excluding carboxylic acids is 1. The summed E-state index contributed by atoms with van der Waals surface area (Å²) in [6.45, 7) is 7.28. The predicted molar refractivity (Wildman–Crippen MR) is 52.0 cm³/mol. The number of azide groups is 1. The monoisotopic (exact) mass is 179 g/mol. The van der Waals surface area contributed by atoms with Crippen molar-refractivity contribution in [3.05, 3.63) is 33.2 Å². The van der Waals surface area contributed by atoms with E-state index in [9.17, 15) is 4.79 Å². The molecule has 0 saturated carbocycles. The Morgan fingerprint density at radius 1 is 1.31 bits per heavy atom. The summed E-state index contributed by atoms with van der Waals surface area (Å²) >= 11 is 0. The molecule has 0 aromatic rings. The third kappa shape index (κ3) is 3.13. The lowest BCUT2D eigenvalue weighted by molar-refractivity contribution is -0.114. The molecule has 0 rings (SSSR count). The first-order valence-corrected chi connectivity index (χ1v) is 3.94. The van der Waals surface area contributed by atoms with Gasteiger partial charge < -0.3 is 0 Å². The van der Waals surface area contributed by atoms with Crippen LogP contribution in [0.15, 0.2) is 27.9 Å². The van der Waals surface area contributed by atoms with Crippen LogP contribution in [0.4, 0.5) is 0 Å². The van der Waals surface area contributed by atoms with E-state index in [-0.39, 0.29) is 0 Å². The quantitative estimate of drug-likeness (QED) is 0.211. The lowest BCUT2D eigenvalue weighted by Gasteiger charge is -2.03. The summed E-state index contributed by atoms with van der Waals surface area (Å²) in [6.07, 6.45) is 1.90. The molecule has 0 aromatic heterocycles. The van der Waals surface area contributed by atoms with Gasteiger partial charge in [0.05, 0.1) is 0 Å².